The van der Waals surface area contributed by atoms with Crippen LogP contribution in [0.3, 0.4) is 0 Å². The van der Waals surface area contributed by atoms with Crippen molar-refractivity contribution in [2.24, 2.45) is 5.73 Å². The average Bonchev–Trinajstić information content (AvgIpc) is 2.27. The number of carbonyl (C=O) groups is 1. The van der Waals surface area contributed by atoms with E-state index in [9.17, 15) is 18.0 Å². The molecule has 3 nitrogen and oxygen atoms in total. The van der Waals surface area contributed by atoms with Crippen LogP contribution in [0.5, 0.6) is 0 Å². The van der Waals surface area contributed by atoms with Crippen molar-refractivity contribution in [2.45, 2.75) is 18.6 Å². The van der Waals surface area contributed by atoms with Gasteiger partial charge in [-0.15, -0.1) is 0 Å². The fourth-order valence-electron chi connectivity index (χ4n) is 1.55. The number of carbonyl (C=O) groups excluding carboxylic acids is 1. The highest BCUT2D eigenvalue weighted by molar-refractivity contribution is 5.47. The molecule has 0 radical (unpaired) electrons. The summed E-state index contributed by atoms with van der Waals surface area (Å²) in [6, 6.07) is 4.77. The van der Waals surface area contributed by atoms with Gasteiger partial charge in [0.15, 0.2) is 0 Å². The molecule has 0 spiro atoms. The summed E-state index contributed by atoms with van der Waals surface area (Å²) in [5.74, 6) is 0. The molecule has 1 rings (SSSR count). The summed E-state index contributed by atoms with van der Waals surface area (Å²) >= 11 is 0. The van der Waals surface area contributed by atoms with E-state index in [0.717, 1.165) is 6.07 Å². The maximum atomic E-state index is 12.7. The van der Waals surface area contributed by atoms with Crippen LogP contribution in [-0.2, 0) is 17.4 Å². The Morgan fingerprint density at radius 3 is 2.53 bits per heavy atom. The fourth-order valence-corrected chi connectivity index (χ4v) is 1.55. The van der Waals surface area contributed by atoms with Crippen LogP contribution in [0.4, 0.5) is 13.2 Å². The minimum absolute atomic E-state index is 0.0604. The SMILES string of the molecule is NC[C@H](Cc1ccccc1C(F)(F)F)NC=O. The topological polar surface area (TPSA) is 55.1 Å². The van der Waals surface area contributed by atoms with E-state index in [2.05, 4.69) is 5.32 Å². The van der Waals surface area contributed by atoms with Gasteiger partial charge in [-0.25, -0.2) is 0 Å². The van der Waals surface area contributed by atoms with Crippen LogP contribution in [0.2, 0.25) is 0 Å². The van der Waals surface area contributed by atoms with Crippen molar-refractivity contribution in [1.82, 2.24) is 5.32 Å². The van der Waals surface area contributed by atoms with Crippen molar-refractivity contribution in [3.63, 3.8) is 0 Å². The van der Waals surface area contributed by atoms with Gasteiger partial charge in [-0.05, 0) is 18.1 Å². The number of halogens is 3. The minimum Gasteiger partial charge on any atom is -0.354 e. The average molecular weight is 246 g/mol. The van der Waals surface area contributed by atoms with Crippen LogP contribution in [0.25, 0.3) is 0 Å². The standard InChI is InChI=1S/C11H13F3N2O/c12-11(13,14)10-4-2-1-3-8(10)5-9(6-15)16-7-17/h1-4,7,9H,5-6,15H2,(H,16,17)/t9-/m0/s1. The number of hydrogen-bond acceptors (Lipinski definition) is 2. The summed E-state index contributed by atoms with van der Waals surface area (Å²) in [6.07, 6.45) is -3.89. The van der Waals surface area contributed by atoms with Gasteiger partial charge in [-0.1, -0.05) is 18.2 Å². The Morgan fingerprint density at radius 1 is 1.35 bits per heavy atom. The zero-order valence-electron chi connectivity index (χ0n) is 9.00. The molecule has 1 aromatic carbocycles. The summed E-state index contributed by atoms with van der Waals surface area (Å²) < 4.78 is 38.0. The van der Waals surface area contributed by atoms with Gasteiger partial charge in [0.1, 0.15) is 0 Å². The predicted molar refractivity (Wildman–Crippen MR) is 57.2 cm³/mol. The molecule has 1 amide bonds. The number of alkyl halides is 3. The van der Waals surface area contributed by atoms with Crippen LogP contribution in [0, 0.1) is 0 Å². The maximum absolute atomic E-state index is 12.7. The van der Waals surface area contributed by atoms with Crippen molar-refractivity contribution in [3.8, 4) is 0 Å². The lowest BCUT2D eigenvalue weighted by atomic mass is 10.00. The highest BCUT2D eigenvalue weighted by Crippen LogP contribution is 2.32. The quantitative estimate of drug-likeness (QED) is 0.770. The summed E-state index contributed by atoms with van der Waals surface area (Å²) in [5, 5.41) is 2.39. The molecule has 0 fully saturated rings. The minimum atomic E-state index is -4.39. The number of amides is 1. The van der Waals surface area contributed by atoms with E-state index in [1.165, 1.54) is 18.2 Å². The lowest BCUT2D eigenvalue weighted by Gasteiger charge is -2.17. The van der Waals surface area contributed by atoms with Crippen LogP contribution in [0.15, 0.2) is 24.3 Å². The molecule has 0 heterocycles. The van der Waals surface area contributed by atoms with E-state index in [0.29, 0.717) is 6.41 Å². The van der Waals surface area contributed by atoms with Crippen molar-refractivity contribution in [2.75, 3.05) is 6.54 Å². The normalized spacial score (nSPS) is 13.2. The Labute approximate surface area is 96.8 Å². The molecule has 0 aliphatic heterocycles. The van der Waals surface area contributed by atoms with Gasteiger partial charge in [0.05, 0.1) is 5.56 Å². The van der Waals surface area contributed by atoms with Gasteiger partial charge < -0.3 is 11.1 Å². The zero-order valence-corrected chi connectivity index (χ0v) is 9.00. The molecule has 0 aliphatic carbocycles. The molecule has 94 valence electrons. The Balaban J connectivity index is 2.93. The maximum Gasteiger partial charge on any atom is 0.416 e. The van der Waals surface area contributed by atoms with E-state index < -0.39 is 17.8 Å². The van der Waals surface area contributed by atoms with Gasteiger partial charge >= 0.3 is 6.18 Å². The van der Waals surface area contributed by atoms with Gasteiger partial charge in [0.2, 0.25) is 6.41 Å². The summed E-state index contributed by atoms with van der Waals surface area (Å²) in [6.45, 7) is 0.0882. The first-order valence-corrected chi connectivity index (χ1v) is 5.04. The highest BCUT2D eigenvalue weighted by Gasteiger charge is 2.33. The first-order valence-electron chi connectivity index (χ1n) is 5.04. The molecule has 0 unspecified atom stereocenters. The molecule has 0 saturated carbocycles. The van der Waals surface area contributed by atoms with Gasteiger partial charge in [0.25, 0.3) is 0 Å². The van der Waals surface area contributed by atoms with Crippen LogP contribution >= 0.6 is 0 Å². The second-order valence-electron chi connectivity index (χ2n) is 3.58. The monoisotopic (exact) mass is 246 g/mol. The second-order valence-corrected chi connectivity index (χ2v) is 3.58. The molecule has 1 atom stereocenters. The number of hydrogen-bond donors (Lipinski definition) is 2. The smallest absolute Gasteiger partial charge is 0.354 e. The van der Waals surface area contributed by atoms with E-state index in [-0.39, 0.29) is 18.5 Å². The highest BCUT2D eigenvalue weighted by atomic mass is 19.4. The Hall–Kier alpha value is -1.56. The third kappa shape index (κ3) is 3.74. The number of rotatable bonds is 5. The van der Waals surface area contributed by atoms with Crippen LogP contribution in [-0.4, -0.2) is 19.0 Å². The number of nitrogens with two attached hydrogens (primary N) is 1. The van der Waals surface area contributed by atoms with E-state index in [1.54, 1.807) is 0 Å². The molecule has 0 aromatic heterocycles. The van der Waals surface area contributed by atoms with Crippen LogP contribution < -0.4 is 11.1 Å². The lowest BCUT2D eigenvalue weighted by molar-refractivity contribution is -0.138. The third-order valence-electron chi connectivity index (χ3n) is 2.38. The molecule has 6 heteroatoms. The molecular weight excluding hydrogens is 233 g/mol. The molecule has 0 bridgehead atoms. The van der Waals surface area contributed by atoms with Crippen molar-refractivity contribution in [1.29, 1.82) is 0 Å². The second kappa shape index (κ2) is 5.67. The Bertz CT molecular complexity index is 379. The summed E-state index contributed by atoms with van der Waals surface area (Å²) in [4.78, 5) is 10.3. The number of benzene rings is 1. The molecule has 17 heavy (non-hydrogen) atoms. The summed E-state index contributed by atoms with van der Waals surface area (Å²) in [5.41, 5.74) is 4.80. The lowest BCUT2D eigenvalue weighted by Crippen LogP contribution is -2.37. The third-order valence-corrected chi connectivity index (χ3v) is 2.38. The Kier molecular flexibility index (Phi) is 4.51. The van der Waals surface area contributed by atoms with E-state index >= 15 is 0 Å². The fraction of sp³-hybridized carbons (Fsp3) is 0.364. The molecule has 0 aliphatic rings. The summed E-state index contributed by atoms with van der Waals surface area (Å²) in [7, 11) is 0. The predicted octanol–water partition coefficient (Wildman–Crippen LogP) is 1.32. The largest absolute Gasteiger partial charge is 0.416 e. The molecule has 1 aromatic rings. The van der Waals surface area contributed by atoms with E-state index in [1.807, 2.05) is 0 Å². The van der Waals surface area contributed by atoms with Crippen molar-refractivity contribution >= 4 is 6.41 Å². The molecular formula is C11H13F3N2O. The van der Waals surface area contributed by atoms with Crippen LogP contribution in [0.1, 0.15) is 11.1 Å². The number of nitrogens with one attached hydrogen (secondary N) is 1. The van der Waals surface area contributed by atoms with E-state index in [4.69, 9.17) is 5.73 Å². The van der Waals surface area contributed by atoms with Crippen molar-refractivity contribution < 1.29 is 18.0 Å². The van der Waals surface area contributed by atoms with Gasteiger partial charge in [0, 0.05) is 12.6 Å². The van der Waals surface area contributed by atoms with Gasteiger partial charge in [-0.3, -0.25) is 4.79 Å². The molecule has 3 N–H and O–H groups in total. The zero-order chi connectivity index (χ0) is 12.9. The first-order chi connectivity index (χ1) is 7.99. The molecule has 0 saturated heterocycles. The Morgan fingerprint density at radius 2 is 2.00 bits per heavy atom. The van der Waals surface area contributed by atoms with Gasteiger partial charge in [-0.2, -0.15) is 13.2 Å². The van der Waals surface area contributed by atoms with Crippen molar-refractivity contribution in [3.05, 3.63) is 35.4 Å². The first kappa shape index (κ1) is 13.5.